The topological polar surface area (TPSA) is 66.0 Å². The maximum absolute atomic E-state index is 5.67. The van der Waals surface area contributed by atoms with Crippen molar-refractivity contribution in [3.05, 3.63) is 12.2 Å². The molecule has 1 atom stereocenters. The molecule has 0 aliphatic heterocycles. The Bertz CT molecular complexity index is 270. The van der Waals surface area contributed by atoms with E-state index in [9.17, 15) is 0 Å². The summed E-state index contributed by atoms with van der Waals surface area (Å²) in [6.07, 6.45) is 3.72. The third-order valence-electron chi connectivity index (χ3n) is 2.61. The van der Waals surface area contributed by atoms with E-state index in [4.69, 9.17) is 10.5 Å². The molecule has 1 unspecified atom stereocenters. The summed E-state index contributed by atoms with van der Waals surface area (Å²) in [5, 5.41) is 8.02. The molecule has 0 aromatic carbocycles. The van der Waals surface area contributed by atoms with Crippen LogP contribution in [0.2, 0.25) is 0 Å². The summed E-state index contributed by atoms with van der Waals surface area (Å²) in [4.78, 5) is 0. The van der Waals surface area contributed by atoms with E-state index in [0.717, 1.165) is 25.2 Å². The Morgan fingerprint density at radius 1 is 1.60 bits per heavy atom. The van der Waals surface area contributed by atoms with E-state index >= 15 is 0 Å². The smallest absolute Gasteiger partial charge is 0.133 e. The second-order valence-corrected chi connectivity index (χ2v) is 3.65. The van der Waals surface area contributed by atoms with Crippen molar-refractivity contribution in [2.24, 2.45) is 11.7 Å². The Balaban J connectivity index is 2.55. The standard InChI is InChI=1S/C10H20N4O/c1-3-9(7-11)6-10-13-12-8-14(10)4-5-15-2/h8-9H,3-7,11H2,1-2H3. The van der Waals surface area contributed by atoms with Crippen molar-refractivity contribution in [2.45, 2.75) is 26.3 Å². The van der Waals surface area contributed by atoms with Crippen LogP contribution in [-0.2, 0) is 17.7 Å². The van der Waals surface area contributed by atoms with Gasteiger partial charge in [-0.2, -0.15) is 0 Å². The van der Waals surface area contributed by atoms with Crippen LogP contribution in [0, 0.1) is 5.92 Å². The van der Waals surface area contributed by atoms with E-state index in [1.165, 1.54) is 0 Å². The first-order valence-corrected chi connectivity index (χ1v) is 5.37. The molecule has 0 saturated carbocycles. The summed E-state index contributed by atoms with van der Waals surface area (Å²) in [7, 11) is 1.69. The lowest BCUT2D eigenvalue weighted by Gasteiger charge is -2.12. The Morgan fingerprint density at radius 2 is 2.40 bits per heavy atom. The van der Waals surface area contributed by atoms with Crippen LogP contribution in [-0.4, -0.2) is 35.0 Å². The predicted octanol–water partition coefficient (Wildman–Crippen LogP) is 0.452. The zero-order valence-electron chi connectivity index (χ0n) is 9.52. The number of methoxy groups -OCH3 is 1. The summed E-state index contributed by atoms with van der Waals surface area (Å²) >= 11 is 0. The van der Waals surface area contributed by atoms with Gasteiger partial charge in [-0.15, -0.1) is 10.2 Å². The molecule has 1 heterocycles. The van der Waals surface area contributed by atoms with Gasteiger partial charge in [0.05, 0.1) is 6.61 Å². The number of nitrogens with two attached hydrogens (primary N) is 1. The van der Waals surface area contributed by atoms with Crippen LogP contribution >= 0.6 is 0 Å². The first-order chi connectivity index (χ1) is 7.31. The lowest BCUT2D eigenvalue weighted by Crippen LogP contribution is -2.19. The molecule has 86 valence electrons. The molecule has 0 aliphatic carbocycles. The van der Waals surface area contributed by atoms with Gasteiger partial charge in [0, 0.05) is 20.1 Å². The van der Waals surface area contributed by atoms with Crippen LogP contribution in [0.5, 0.6) is 0 Å². The molecule has 1 aromatic heterocycles. The van der Waals surface area contributed by atoms with Crippen molar-refractivity contribution in [3.8, 4) is 0 Å². The molecule has 1 aromatic rings. The third kappa shape index (κ3) is 3.60. The normalized spacial score (nSPS) is 13.0. The SMILES string of the molecule is CCC(CN)Cc1nncn1CCOC. The van der Waals surface area contributed by atoms with Gasteiger partial charge >= 0.3 is 0 Å². The van der Waals surface area contributed by atoms with Crippen LogP contribution < -0.4 is 5.73 Å². The van der Waals surface area contributed by atoms with E-state index in [2.05, 4.69) is 17.1 Å². The van der Waals surface area contributed by atoms with Crippen LogP contribution in [0.1, 0.15) is 19.2 Å². The molecule has 0 fully saturated rings. The summed E-state index contributed by atoms with van der Waals surface area (Å²) in [5.41, 5.74) is 5.67. The van der Waals surface area contributed by atoms with Crippen LogP contribution in [0.15, 0.2) is 6.33 Å². The third-order valence-corrected chi connectivity index (χ3v) is 2.61. The maximum atomic E-state index is 5.67. The van der Waals surface area contributed by atoms with Crippen LogP contribution in [0.25, 0.3) is 0 Å². The summed E-state index contributed by atoms with van der Waals surface area (Å²) in [6.45, 7) is 4.34. The van der Waals surface area contributed by atoms with Crippen molar-refractivity contribution in [3.63, 3.8) is 0 Å². The fraction of sp³-hybridized carbons (Fsp3) is 0.800. The van der Waals surface area contributed by atoms with Gasteiger partial charge in [-0.25, -0.2) is 0 Å². The maximum Gasteiger partial charge on any atom is 0.133 e. The van der Waals surface area contributed by atoms with Gasteiger partial charge in [-0.1, -0.05) is 13.3 Å². The minimum Gasteiger partial charge on any atom is -0.383 e. The fourth-order valence-electron chi connectivity index (χ4n) is 1.47. The molecule has 0 amide bonds. The van der Waals surface area contributed by atoms with Crippen LogP contribution in [0.3, 0.4) is 0 Å². The molecular formula is C10H20N4O. The van der Waals surface area contributed by atoms with E-state index in [-0.39, 0.29) is 0 Å². The van der Waals surface area contributed by atoms with E-state index in [1.54, 1.807) is 13.4 Å². The number of aromatic nitrogens is 3. The van der Waals surface area contributed by atoms with Crippen LogP contribution in [0.4, 0.5) is 0 Å². The zero-order chi connectivity index (χ0) is 11.1. The van der Waals surface area contributed by atoms with Crippen molar-refractivity contribution in [1.29, 1.82) is 0 Å². The van der Waals surface area contributed by atoms with Gasteiger partial charge in [0.15, 0.2) is 0 Å². The van der Waals surface area contributed by atoms with Gasteiger partial charge in [-0.05, 0) is 12.5 Å². The number of hydrogen-bond donors (Lipinski definition) is 1. The highest BCUT2D eigenvalue weighted by Gasteiger charge is 2.10. The van der Waals surface area contributed by atoms with Gasteiger partial charge in [0.2, 0.25) is 0 Å². The zero-order valence-corrected chi connectivity index (χ0v) is 9.52. The lowest BCUT2D eigenvalue weighted by atomic mass is 10.0. The second-order valence-electron chi connectivity index (χ2n) is 3.65. The molecule has 0 radical (unpaired) electrons. The molecule has 15 heavy (non-hydrogen) atoms. The summed E-state index contributed by atoms with van der Waals surface area (Å²) < 4.78 is 7.06. The Kier molecular flexibility index (Phi) is 5.28. The van der Waals surface area contributed by atoms with E-state index in [0.29, 0.717) is 19.1 Å². The van der Waals surface area contributed by atoms with Gasteiger partial charge in [0.1, 0.15) is 12.2 Å². The summed E-state index contributed by atoms with van der Waals surface area (Å²) in [5.74, 6) is 1.50. The quantitative estimate of drug-likeness (QED) is 0.712. The number of ether oxygens (including phenoxy) is 1. The average Bonchev–Trinajstić information content (AvgIpc) is 2.70. The molecular weight excluding hydrogens is 192 g/mol. The monoisotopic (exact) mass is 212 g/mol. The molecule has 5 heteroatoms. The molecule has 0 aliphatic rings. The molecule has 2 N–H and O–H groups in total. The summed E-state index contributed by atoms with van der Waals surface area (Å²) in [6, 6.07) is 0. The van der Waals surface area contributed by atoms with Crippen molar-refractivity contribution >= 4 is 0 Å². The lowest BCUT2D eigenvalue weighted by molar-refractivity contribution is 0.186. The number of nitrogens with zero attached hydrogens (tertiary/aromatic N) is 3. The Morgan fingerprint density at radius 3 is 3.00 bits per heavy atom. The highest BCUT2D eigenvalue weighted by molar-refractivity contribution is 4.88. The highest BCUT2D eigenvalue weighted by atomic mass is 16.5. The van der Waals surface area contributed by atoms with Gasteiger partial charge < -0.3 is 15.0 Å². The first kappa shape index (κ1) is 12.1. The predicted molar refractivity (Wildman–Crippen MR) is 58.4 cm³/mol. The molecule has 0 spiro atoms. The van der Waals surface area contributed by atoms with Crippen molar-refractivity contribution < 1.29 is 4.74 Å². The van der Waals surface area contributed by atoms with Crippen molar-refractivity contribution in [1.82, 2.24) is 14.8 Å². The first-order valence-electron chi connectivity index (χ1n) is 5.37. The van der Waals surface area contributed by atoms with E-state index in [1.807, 2.05) is 4.57 Å². The molecule has 1 rings (SSSR count). The largest absolute Gasteiger partial charge is 0.383 e. The minimum atomic E-state index is 0.496. The van der Waals surface area contributed by atoms with Gasteiger partial charge in [-0.3, -0.25) is 0 Å². The van der Waals surface area contributed by atoms with Crippen molar-refractivity contribution in [2.75, 3.05) is 20.3 Å². The fourth-order valence-corrected chi connectivity index (χ4v) is 1.47. The molecule has 0 bridgehead atoms. The number of rotatable bonds is 7. The molecule has 0 saturated heterocycles. The second kappa shape index (κ2) is 6.53. The van der Waals surface area contributed by atoms with Gasteiger partial charge in [0.25, 0.3) is 0 Å². The molecule has 5 nitrogen and oxygen atoms in total. The van der Waals surface area contributed by atoms with E-state index < -0.39 is 0 Å². The highest BCUT2D eigenvalue weighted by Crippen LogP contribution is 2.08. The number of hydrogen-bond acceptors (Lipinski definition) is 4. The Hall–Kier alpha value is -0.940. The minimum absolute atomic E-state index is 0.496. The average molecular weight is 212 g/mol. The Labute approximate surface area is 90.6 Å².